The second kappa shape index (κ2) is 7.14. The topological polar surface area (TPSA) is 110 Å². The molecule has 0 radical (unpaired) electrons. The van der Waals surface area contributed by atoms with Crippen molar-refractivity contribution in [2.75, 3.05) is 13.1 Å². The summed E-state index contributed by atoms with van der Waals surface area (Å²) in [5.41, 5.74) is -1.84. The second-order valence-corrected chi connectivity index (χ2v) is 11.9. The van der Waals surface area contributed by atoms with Gasteiger partial charge in [0.15, 0.2) is 0 Å². The molecule has 9 nitrogen and oxygen atoms in total. The average molecular weight is 475 g/mol. The third kappa shape index (κ3) is 3.74. The lowest BCUT2D eigenvalue weighted by molar-refractivity contribution is -0.136. The maximum atomic E-state index is 13.6. The number of fused-ring (bicyclic) bond motifs is 1. The Morgan fingerprint density at radius 1 is 1.24 bits per heavy atom. The van der Waals surface area contributed by atoms with Crippen molar-refractivity contribution in [1.82, 2.24) is 18.8 Å². The highest BCUT2D eigenvalue weighted by molar-refractivity contribution is 7.89. The van der Waals surface area contributed by atoms with Gasteiger partial charge in [-0.25, -0.2) is 17.9 Å². The number of nitrogens with one attached hydrogen (secondary N) is 1. The molecule has 5 rings (SSSR count). The number of benzene rings is 1. The largest absolute Gasteiger partial charge is 0.334 e. The summed E-state index contributed by atoms with van der Waals surface area (Å²) in [7, 11) is -3.81. The lowest BCUT2D eigenvalue weighted by atomic mass is 9.91. The number of sulfonamides is 1. The van der Waals surface area contributed by atoms with Gasteiger partial charge < -0.3 is 4.90 Å². The van der Waals surface area contributed by atoms with Crippen molar-refractivity contribution in [3.05, 3.63) is 51.7 Å². The fraction of sp³-hybridized carbons (Fsp3) is 0.522. The van der Waals surface area contributed by atoms with Crippen molar-refractivity contribution in [3.8, 4) is 0 Å². The van der Waals surface area contributed by atoms with Crippen molar-refractivity contribution in [2.24, 2.45) is 5.92 Å². The molecule has 1 N–H and O–H groups in total. The first-order valence-corrected chi connectivity index (χ1v) is 12.7. The van der Waals surface area contributed by atoms with E-state index in [1.165, 1.54) is 27.7 Å². The zero-order chi connectivity index (χ0) is 23.8. The molecule has 10 heteroatoms. The van der Waals surface area contributed by atoms with Gasteiger partial charge in [-0.2, -0.15) is 0 Å². The predicted octanol–water partition coefficient (Wildman–Crippen LogP) is 1.39. The zero-order valence-electron chi connectivity index (χ0n) is 18.8. The van der Waals surface area contributed by atoms with Crippen LogP contribution >= 0.6 is 0 Å². The van der Waals surface area contributed by atoms with E-state index >= 15 is 0 Å². The molecule has 0 unspecified atom stereocenters. The van der Waals surface area contributed by atoms with Crippen LogP contribution in [0, 0.1) is 5.92 Å². The average Bonchev–Trinajstić information content (AvgIpc) is 3.67. The van der Waals surface area contributed by atoms with E-state index in [2.05, 4.69) is 11.3 Å². The molecule has 0 atom stereocenters. The van der Waals surface area contributed by atoms with Crippen LogP contribution in [0.3, 0.4) is 0 Å². The van der Waals surface area contributed by atoms with Gasteiger partial charge in [0.05, 0.1) is 21.3 Å². The molecule has 2 saturated carbocycles. The first kappa shape index (κ1) is 22.1. The summed E-state index contributed by atoms with van der Waals surface area (Å²) in [6.07, 6.45) is 4.78. The standard InChI is InChI=1S/C23H28N4O5S.H2/c1-4-19(28)25-13-23(3,14-25)27-20(29)17-11-16(33(31,32)24-22(2)9-10-22)7-8-18(17)26(21(27)30)12-15-5-6-15;/h4,7-8,11,15,24H,1,5-6,9-10,12-14H2,2-3H3;1H. The molecule has 178 valence electrons. The van der Waals surface area contributed by atoms with Gasteiger partial charge in [0.25, 0.3) is 5.56 Å². The fourth-order valence-electron chi connectivity index (χ4n) is 4.61. The highest BCUT2D eigenvalue weighted by Crippen LogP contribution is 2.36. The quantitative estimate of drug-likeness (QED) is 0.610. The van der Waals surface area contributed by atoms with E-state index in [1.807, 2.05) is 6.92 Å². The SMILES string of the molecule is C=CC(=O)N1CC(C)(n2c(=O)c3cc(S(=O)(=O)NC4(C)CC4)ccc3n(CC3CC3)c2=O)C1.[HH]. The molecule has 0 bridgehead atoms. The lowest BCUT2D eigenvalue weighted by Crippen LogP contribution is -2.67. The van der Waals surface area contributed by atoms with E-state index in [-0.39, 0.29) is 30.7 Å². The molecule has 0 spiro atoms. The molecule has 1 aromatic heterocycles. The lowest BCUT2D eigenvalue weighted by Gasteiger charge is -2.48. The summed E-state index contributed by atoms with van der Waals surface area (Å²) >= 11 is 0. The Labute approximate surface area is 193 Å². The van der Waals surface area contributed by atoms with Crippen molar-refractivity contribution in [1.29, 1.82) is 0 Å². The van der Waals surface area contributed by atoms with Crippen LogP contribution in [0.1, 0.15) is 41.0 Å². The Kier molecular flexibility index (Phi) is 4.78. The van der Waals surface area contributed by atoms with E-state index in [4.69, 9.17) is 0 Å². The number of hydrogen-bond donors (Lipinski definition) is 1. The molecule has 1 amide bonds. The molecule has 1 aromatic carbocycles. The summed E-state index contributed by atoms with van der Waals surface area (Å²) in [5, 5.41) is 0.189. The number of carbonyl (C=O) groups is 1. The van der Waals surface area contributed by atoms with Gasteiger partial charge in [-0.15, -0.1) is 0 Å². The van der Waals surface area contributed by atoms with Crippen LogP contribution in [0.4, 0.5) is 0 Å². The number of hydrogen-bond acceptors (Lipinski definition) is 5. The third-order valence-corrected chi connectivity index (χ3v) is 8.67. The monoisotopic (exact) mass is 474 g/mol. The first-order valence-electron chi connectivity index (χ1n) is 11.2. The van der Waals surface area contributed by atoms with Crippen LogP contribution in [0.25, 0.3) is 10.9 Å². The van der Waals surface area contributed by atoms with E-state index < -0.39 is 32.4 Å². The van der Waals surface area contributed by atoms with Crippen molar-refractivity contribution < 1.29 is 14.6 Å². The minimum absolute atomic E-state index is 0. The maximum absolute atomic E-state index is 13.6. The van der Waals surface area contributed by atoms with Crippen LogP contribution in [0.15, 0.2) is 45.3 Å². The Bertz CT molecular complexity index is 1410. The summed E-state index contributed by atoms with van der Waals surface area (Å²) in [5.74, 6) is 0.109. The summed E-state index contributed by atoms with van der Waals surface area (Å²) in [6.45, 7) is 8.00. The van der Waals surface area contributed by atoms with Crippen LogP contribution in [-0.4, -0.2) is 47.0 Å². The second-order valence-electron chi connectivity index (χ2n) is 10.2. The van der Waals surface area contributed by atoms with E-state index in [0.29, 0.717) is 18.0 Å². The molecule has 33 heavy (non-hydrogen) atoms. The smallest absolute Gasteiger partial charge is 0.332 e. The van der Waals surface area contributed by atoms with Crippen molar-refractivity contribution in [2.45, 2.75) is 62.0 Å². The molecule has 2 heterocycles. The minimum Gasteiger partial charge on any atom is -0.334 e. The Morgan fingerprint density at radius 2 is 1.91 bits per heavy atom. The normalized spacial score (nSPS) is 21.0. The Morgan fingerprint density at radius 3 is 2.48 bits per heavy atom. The van der Waals surface area contributed by atoms with Crippen LogP contribution in [0.5, 0.6) is 0 Å². The van der Waals surface area contributed by atoms with E-state index in [9.17, 15) is 22.8 Å². The molecule has 1 aliphatic heterocycles. The van der Waals surface area contributed by atoms with Gasteiger partial charge in [0.1, 0.15) is 0 Å². The number of likely N-dealkylation sites (tertiary alicyclic amines) is 1. The zero-order valence-corrected chi connectivity index (χ0v) is 19.7. The number of carbonyl (C=O) groups excluding carboxylic acids is 1. The summed E-state index contributed by atoms with van der Waals surface area (Å²) in [4.78, 5) is 40.6. The Hall–Kier alpha value is -2.72. The van der Waals surface area contributed by atoms with Gasteiger partial charge >= 0.3 is 5.69 Å². The highest BCUT2D eigenvalue weighted by Gasteiger charge is 2.45. The van der Waals surface area contributed by atoms with Gasteiger partial charge in [-0.1, -0.05) is 6.58 Å². The van der Waals surface area contributed by atoms with Gasteiger partial charge in [-0.05, 0) is 69.7 Å². The number of rotatable bonds is 7. The number of amides is 1. The third-order valence-electron chi connectivity index (χ3n) is 7.03. The van der Waals surface area contributed by atoms with Crippen LogP contribution < -0.4 is 16.0 Å². The number of nitrogens with zero attached hydrogens (tertiary/aromatic N) is 3. The van der Waals surface area contributed by atoms with E-state index in [1.54, 1.807) is 17.6 Å². The van der Waals surface area contributed by atoms with Gasteiger partial charge in [-0.3, -0.25) is 18.7 Å². The molecule has 1 saturated heterocycles. The molecular weight excluding hydrogens is 444 g/mol. The van der Waals surface area contributed by atoms with Crippen LogP contribution in [0.2, 0.25) is 0 Å². The Balaban J connectivity index is 0.00000274. The van der Waals surface area contributed by atoms with Gasteiger partial charge in [0.2, 0.25) is 15.9 Å². The fourth-order valence-corrected chi connectivity index (χ4v) is 6.10. The van der Waals surface area contributed by atoms with Crippen molar-refractivity contribution >= 4 is 26.8 Å². The van der Waals surface area contributed by atoms with E-state index in [0.717, 1.165) is 25.7 Å². The van der Waals surface area contributed by atoms with Crippen molar-refractivity contribution in [3.63, 3.8) is 0 Å². The molecule has 2 aromatic rings. The predicted molar refractivity (Wildman–Crippen MR) is 126 cm³/mol. The minimum atomic E-state index is -3.81. The van der Waals surface area contributed by atoms with Gasteiger partial charge in [0, 0.05) is 26.6 Å². The number of aromatic nitrogens is 2. The molecular formula is C23H30N4O5S. The molecule has 3 aliphatic rings. The summed E-state index contributed by atoms with van der Waals surface area (Å²) in [6, 6.07) is 4.39. The molecule has 3 fully saturated rings. The maximum Gasteiger partial charge on any atom is 0.332 e. The summed E-state index contributed by atoms with van der Waals surface area (Å²) < 4.78 is 31.4. The van der Waals surface area contributed by atoms with Crippen LogP contribution in [-0.2, 0) is 26.9 Å². The first-order chi connectivity index (χ1) is 15.5. The highest BCUT2D eigenvalue weighted by atomic mass is 32.2. The molecule has 2 aliphatic carbocycles.